The van der Waals surface area contributed by atoms with E-state index in [2.05, 4.69) is 10.1 Å². The number of rotatable bonds is 4. The van der Waals surface area contributed by atoms with Crippen LogP contribution in [0.25, 0.3) is 0 Å². The van der Waals surface area contributed by atoms with Crippen molar-refractivity contribution in [1.29, 1.82) is 0 Å². The molecule has 1 aliphatic rings. The Hall–Kier alpha value is -1.89. The minimum absolute atomic E-state index is 0.196. The lowest BCUT2D eigenvalue weighted by Gasteiger charge is -2.33. The first kappa shape index (κ1) is 16.0. The second-order valence-electron chi connectivity index (χ2n) is 5.69. The van der Waals surface area contributed by atoms with Crippen molar-refractivity contribution in [2.45, 2.75) is 24.3 Å². The molecule has 0 saturated carbocycles. The third-order valence-corrected chi connectivity index (χ3v) is 4.91. The summed E-state index contributed by atoms with van der Waals surface area (Å²) in [6.07, 6.45) is 7.01. The standard InChI is InChI=1S/C16H19FN4OS/c1-23-14-6-2-5-13(17)15(14)16(22)20-7-3-4-12(8-20)9-21-11-18-10-19-21/h2,5-6,10-12H,3-4,7-9H2,1H3/t12-/m1/s1. The number of likely N-dealkylation sites (tertiary alicyclic amines) is 1. The number of aromatic nitrogens is 3. The summed E-state index contributed by atoms with van der Waals surface area (Å²) in [4.78, 5) is 19.2. The molecule has 5 nitrogen and oxygen atoms in total. The zero-order valence-electron chi connectivity index (χ0n) is 13.0. The van der Waals surface area contributed by atoms with Crippen LogP contribution in [0.4, 0.5) is 4.39 Å². The minimum atomic E-state index is -0.444. The average molecular weight is 334 g/mol. The van der Waals surface area contributed by atoms with Gasteiger partial charge in [0.05, 0.1) is 5.56 Å². The van der Waals surface area contributed by atoms with Gasteiger partial charge in [0.2, 0.25) is 0 Å². The zero-order chi connectivity index (χ0) is 16.2. The van der Waals surface area contributed by atoms with Crippen LogP contribution in [-0.2, 0) is 6.54 Å². The van der Waals surface area contributed by atoms with Gasteiger partial charge in [0.15, 0.2) is 0 Å². The second kappa shape index (κ2) is 7.12. The first-order chi connectivity index (χ1) is 11.2. The zero-order valence-corrected chi connectivity index (χ0v) is 13.8. The molecule has 1 aromatic heterocycles. The van der Waals surface area contributed by atoms with Crippen LogP contribution < -0.4 is 0 Å². The van der Waals surface area contributed by atoms with Gasteiger partial charge < -0.3 is 4.90 Å². The Bertz CT molecular complexity index is 677. The van der Waals surface area contributed by atoms with E-state index < -0.39 is 5.82 Å². The molecule has 3 rings (SSSR count). The third kappa shape index (κ3) is 3.55. The van der Waals surface area contributed by atoms with Gasteiger partial charge in [0, 0.05) is 24.5 Å². The van der Waals surface area contributed by atoms with E-state index in [1.807, 2.05) is 6.26 Å². The highest BCUT2D eigenvalue weighted by molar-refractivity contribution is 7.98. The molecule has 1 aliphatic heterocycles. The van der Waals surface area contributed by atoms with Gasteiger partial charge in [-0.3, -0.25) is 9.48 Å². The molecule has 2 aromatic rings. The molecule has 0 N–H and O–H groups in total. The summed E-state index contributed by atoms with van der Waals surface area (Å²) in [5.41, 5.74) is 0.196. The smallest absolute Gasteiger partial charge is 0.257 e. The number of piperidine rings is 1. The Balaban J connectivity index is 1.75. The molecule has 0 radical (unpaired) electrons. The van der Waals surface area contributed by atoms with Gasteiger partial charge in [0.25, 0.3) is 5.91 Å². The SMILES string of the molecule is CSc1cccc(F)c1C(=O)N1CCC[C@@H](Cn2cncn2)C1. The number of hydrogen-bond acceptors (Lipinski definition) is 4. The first-order valence-electron chi connectivity index (χ1n) is 7.63. The highest BCUT2D eigenvalue weighted by atomic mass is 32.2. The van der Waals surface area contributed by atoms with E-state index in [-0.39, 0.29) is 11.5 Å². The van der Waals surface area contributed by atoms with Crippen LogP contribution in [0, 0.1) is 11.7 Å². The molecule has 7 heteroatoms. The molecule has 1 atom stereocenters. The monoisotopic (exact) mass is 334 g/mol. The van der Waals surface area contributed by atoms with Crippen molar-refractivity contribution in [2.75, 3.05) is 19.3 Å². The number of amides is 1. The van der Waals surface area contributed by atoms with Crippen LogP contribution in [0.3, 0.4) is 0 Å². The summed E-state index contributed by atoms with van der Waals surface area (Å²) in [6, 6.07) is 4.78. The molecule has 1 aromatic carbocycles. The van der Waals surface area contributed by atoms with Crippen LogP contribution >= 0.6 is 11.8 Å². The maximum atomic E-state index is 14.2. The fourth-order valence-corrected chi connectivity index (χ4v) is 3.63. The molecule has 1 saturated heterocycles. The van der Waals surface area contributed by atoms with Crippen molar-refractivity contribution < 1.29 is 9.18 Å². The van der Waals surface area contributed by atoms with E-state index in [1.165, 1.54) is 24.2 Å². The van der Waals surface area contributed by atoms with Crippen LogP contribution in [0.2, 0.25) is 0 Å². The summed E-state index contributed by atoms with van der Waals surface area (Å²) >= 11 is 1.40. The molecular formula is C16H19FN4OS. The first-order valence-corrected chi connectivity index (χ1v) is 8.85. The Kier molecular flexibility index (Phi) is 4.95. The van der Waals surface area contributed by atoms with E-state index >= 15 is 0 Å². The Labute approximate surface area is 138 Å². The number of carbonyl (C=O) groups excluding carboxylic acids is 1. The lowest BCUT2D eigenvalue weighted by Crippen LogP contribution is -2.41. The Morgan fingerprint density at radius 1 is 1.48 bits per heavy atom. The molecule has 0 aliphatic carbocycles. The molecule has 2 heterocycles. The highest BCUT2D eigenvalue weighted by Crippen LogP contribution is 2.26. The quantitative estimate of drug-likeness (QED) is 0.807. The molecule has 1 fully saturated rings. The van der Waals surface area contributed by atoms with Crippen LogP contribution in [0.5, 0.6) is 0 Å². The van der Waals surface area contributed by atoms with Gasteiger partial charge in [-0.15, -0.1) is 11.8 Å². The third-order valence-electron chi connectivity index (χ3n) is 4.13. The van der Waals surface area contributed by atoms with Crippen molar-refractivity contribution in [3.05, 3.63) is 42.2 Å². The minimum Gasteiger partial charge on any atom is -0.338 e. The van der Waals surface area contributed by atoms with Crippen molar-refractivity contribution in [1.82, 2.24) is 19.7 Å². The summed E-state index contributed by atoms with van der Waals surface area (Å²) in [5.74, 6) is -0.338. The summed E-state index contributed by atoms with van der Waals surface area (Å²) in [6.45, 7) is 2.03. The van der Waals surface area contributed by atoms with Crippen molar-refractivity contribution in [3.8, 4) is 0 Å². The van der Waals surface area contributed by atoms with Gasteiger partial charge in [-0.05, 0) is 37.1 Å². The Morgan fingerprint density at radius 3 is 3.09 bits per heavy atom. The summed E-state index contributed by atoms with van der Waals surface area (Å²) in [5, 5.41) is 4.12. The van der Waals surface area contributed by atoms with E-state index in [4.69, 9.17) is 0 Å². The van der Waals surface area contributed by atoms with Gasteiger partial charge in [-0.2, -0.15) is 5.10 Å². The van der Waals surface area contributed by atoms with Crippen LogP contribution in [-0.4, -0.2) is 44.9 Å². The second-order valence-corrected chi connectivity index (χ2v) is 6.54. The number of nitrogens with zero attached hydrogens (tertiary/aromatic N) is 4. The maximum Gasteiger partial charge on any atom is 0.257 e. The molecule has 0 spiro atoms. The van der Waals surface area contributed by atoms with Gasteiger partial charge in [0.1, 0.15) is 18.5 Å². The molecule has 122 valence electrons. The largest absolute Gasteiger partial charge is 0.338 e. The predicted octanol–water partition coefficient (Wildman–Crippen LogP) is 2.69. The maximum absolute atomic E-state index is 14.2. The summed E-state index contributed by atoms with van der Waals surface area (Å²) < 4.78 is 15.9. The summed E-state index contributed by atoms with van der Waals surface area (Å²) in [7, 11) is 0. The number of hydrogen-bond donors (Lipinski definition) is 0. The Morgan fingerprint density at radius 2 is 2.35 bits per heavy atom. The highest BCUT2D eigenvalue weighted by Gasteiger charge is 2.28. The molecule has 0 bridgehead atoms. The van der Waals surface area contributed by atoms with Gasteiger partial charge in [-0.1, -0.05) is 6.07 Å². The number of thioether (sulfide) groups is 1. The van der Waals surface area contributed by atoms with Gasteiger partial charge in [-0.25, -0.2) is 9.37 Å². The number of benzene rings is 1. The lowest BCUT2D eigenvalue weighted by atomic mass is 9.97. The van der Waals surface area contributed by atoms with Crippen molar-refractivity contribution in [2.24, 2.45) is 5.92 Å². The van der Waals surface area contributed by atoms with Crippen molar-refractivity contribution in [3.63, 3.8) is 0 Å². The topological polar surface area (TPSA) is 51.0 Å². The predicted molar refractivity (Wildman–Crippen MR) is 86.8 cm³/mol. The van der Waals surface area contributed by atoms with Crippen LogP contribution in [0.15, 0.2) is 35.7 Å². The van der Waals surface area contributed by atoms with Gasteiger partial charge >= 0.3 is 0 Å². The molecule has 1 amide bonds. The molecule has 0 unspecified atom stereocenters. The number of halogens is 1. The lowest BCUT2D eigenvalue weighted by molar-refractivity contribution is 0.0651. The fraction of sp³-hybridized carbons (Fsp3) is 0.438. The molecular weight excluding hydrogens is 315 g/mol. The fourth-order valence-electron chi connectivity index (χ4n) is 3.03. The van der Waals surface area contributed by atoms with Crippen LogP contribution in [0.1, 0.15) is 23.2 Å². The molecule has 23 heavy (non-hydrogen) atoms. The van der Waals surface area contributed by atoms with E-state index in [1.54, 1.807) is 28.0 Å². The number of carbonyl (C=O) groups is 1. The van der Waals surface area contributed by atoms with E-state index in [9.17, 15) is 9.18 Å². The normalized spacial score (nSPS) is 18.2. The van der Waals surface area contributed by atoms with E-state index in [0.29, 0.717) is 23.9 Å². The average Bonchev–Trinajstić information content (AvgIpc) is 3.07. The van der Waals surface area contributed by atoms with E-state index in [0.717, 1.165) is 19.4 Å². The van der Waals surface area contributed by atoms with Crippen molar-refractivity contribution >= 4 is 17.7 Å².